The summed E-state index contributed by atoms with van der Waals surface area (Å²) in [5, 5.41) is 12.3. The van der Waals surface area contributed by atoms with E-state index in [0.29, 0.717) is 24.7 Å². The van der Waals surface area contributed by atoms with E-state index in [4.69, 9.17) is 14.6 Å². The van der Waals surface area contributed by atoms with E-state index in [9.17, 15) is 4.79 Å². The predicted octanol–water partition coefficient (Wildman–Crippen LogP) is 5.66. The Morgan fingerprint density at radius 1 is 1.03 bits per heavy atom. The van der Waals surface area contributed by atoms with E-state index in [0.717, 1.165) is 21.3 Å². The fourth-order valence-electron chi connectivity index (χ4n) is 2.79. The molecule has 0 radical (unpaired) electrons. The molecule has 0 aliphatic carbocycles. The van der Waals surface area contributed by atoms with Crippen LogP contribution in [0.25, 0.3) is 0 Å². The summed E-state index contributed by atoms with van der Waals surface area (Å²) < 4.78 is 12.3. The molecule has 0 fully saturated rings. The van der Waals surface area contributed by atoms with Gasteiger partial charge in [0.25, 0.3) is 0 Å². The number of anilines is 1. The summed E-state index contributed by atoms with van der Waals surface area (Å²) in [6.07, 6.45) is 0. The molecule has 5 nitrogen and oxygen atoms in total. The van der Waals surface area contributed by atoms with Crippen LogP contribution in [0.5, 0.6) is 11.5 Å². The van der Waals surface area contributed by atoms with Crippen molar-refractivity contribution in [2.45, 2.75) is 20.1 Å². The molecule has 0 aliphatic heterocycles. The molecule has 3 aromatic carbocycles. The first-order valence-corrected chi connectivity index (χ1v) is 9.87. The van der Waals surface area contributed by atoms with Gasteiger partial charge in [-0.15, -0.1) is 0 Å². The largest absolute Gasteiger partial charge is 0.493 e. The summed E-state index contributed by atoms with van der Waals surface area (Å²) in [4.78, 5) is 10.9. The molecule has 150 valence electrons. The van der Waals surface area contributed by atoms with Gasteiger partial charge in [-0.25, -0.2) is 4.79 Å². The van der Waals surface area contributed by atoms with Gasteiger partial charge >= 0.3 is 5.97 Å². The Balaban J connectivity index is 1.68. The smallest absolute Gasteiger partial charge is 0.335 e. The van der Waals surface area contributed by atoms with Gasteiger partial charge in [-0.2, -0.15) is 0 Å². The van der Waals surface area contributed by atoms with E-state index in [1.54, 1.807) is 31.4 Å². The first kappa shape index (κ1) is 20.7. The Kier molecular flexibility index (Phi) is 6.77. The van der Waals surface area contributed by atoms with Crippen LogP contribution in [0.3, 0.4) is 0 Å². The third kappa shape index (κ3) is 5.51. The van der Waals surface area contributed by atoms with Crippen molar-refractivity contribution in [1.29, 1.82) is 0 Å². The van der Waals surface area contributed by atoms with Crippen LogP contribution < -0.4 is 14.8 Å². The quantitative estimate of drug-likeness (QED) is 0.458. The maximum atomic E-state index is 10.9. The second kappa shape index (κ2) is 9.47. The molecule has 0 amide bonds. The second-order valence-corrected chi connectivity index (χ2v) is 7.47. The second-order valence-electron chi connectivity index (χ2n) is 6.62. The van der Waals surface area contributed by atoms with Crippen molar-refractivity contribution in [1.82, 2.24) is 0 Å². The van der Waals surface area contributed by atoms with Crippen LogP contribution in [0.15, 0.2) is 65.1 Å². The average molecular weight is 456 g/mol. The molecule has 29 heavy (non-hydrogen) atoms. The number of aryl methyl sites for hydroxylation is 1. The van der Waals surface area contributed by atoms with Gasteiger partial charge in [0.2, 0.25) is 0 Å². The number of ether oxygens (including phenoxy) is 2. The number of hydrogen-bond donors (Lipinski definition) is 2. The molecule has 0 bridgehead atoms. The number of halogens is 1. The van der Waals surface area contributed by atoms with E-state index in [2.05, 4.69) is 40.3 Å². The first-order valence-electron chi connectivity index (χ1n) is 9.08. The molecule has 0 saturated carbocycles. The Morgan fingerprint density at radius 3 is 2.34 bits per heavy atom. The van der Waals surface area contributed by atoms with Gasteiger partial charge in [-0.3, -0.25) is 0 Å². The lowest BCUT2D eigenvalue weighted by molar-refractivity contribution is 0.0697. The summed E-state index contributed by atoms with van der Waals surface area (Å²) in [6, 6.07) is 18.7. The van der Waals surface area contributed by atoms with Gasteiger partial charge in [-0.05, 0) is 70.4 Å². The van der Waals surface area contributed by atoms with Crippen molar-refractivity contribution in [3.05, 3.63) is 87.4 Å². The van der Waals surface area contributed by atoms with Gasteiger partial charge in [0.05, 0.1) is 17.1 Å². The van der Waals surface area contributed by atoms with Crippen molar-refractivity contribution in [2.75, 3.05) is 12.4 Å². The molecule has 3 rings (SSSR count). The molecular formula is C23H22BrNO4. The first-order chi connectivity index (χ1) is 14.0. The minimum atomic E-state index is -0.938. The van der Waals surface area contributed by atoms with Crippen LogP contribution in [0.2, 0.25) is 0 Å². The Morgan fingerprint density at radius 2 is 1.72 bits per heavy atom. The van der Waals surface area contributed by atoms with Crippen molar-refractivity contribution < 1.29 is 19.4 Å². The average Bonchev–Trinajstić information content (AvgIpc) is 2.72. The number of aromatic carboxylic acids is 1. The fraction of sp³-hybridized carbons (Fsp3) is 0.174. The Hall–Kier alpha value is -2.99. The zero-order valence-electron chi connectivity index (χ0n) is 16.2. The molecule has 0 aliphatic rings. The predicted molar refractivity (Wildman–Crippen MR) is 117 cm³/mol. The van der Waals surface area contributed by atoms with Crippen molar-refractivity contribution in [3.8, 4) is 11.5 Å². The Labute approximate surface area is 178 Å². The molecule has 0 atom stereocenters. The van der Waals surface area contributed by atoms with Gasteiger partial charge in [0, 0.05) is 12.2 Å². The lowest BCUT2D eigenvalue weighted by Gasteiger charge is -2.15. The van der Waals surface area contributed by atoms with Gasteiger partial charge in [0.1, 0.15) is 6.61 Å². The summed E-state index contributed by atoms with van der Waals surface area (Å²) in [6.45, 7) is 3.06. The van der Waals surface area contributed by atoms with Crippen LogP contribution in [0, 0.1) is 6.92 Å². The monoisotopic (exact) mass is 455 g/mol. The highest BCUT2D eigenvalue weighted by molar-refractivity contribution is 9.10. The number of benzene rings is 3. The summed E-state index contributed by atoms with van der Waals surface area (Å²) in [7, 11) is 1.61. The van der Waals surface area contributed by atoms with Crippen LogP contribution in [-0.2, 0) is 13.2 Å². The third-order valence-corrected chi connectivity index (χ3v) is 5.01. The van der Waals surface area contributed by atoms with Crippen LogP contribution >= 0.6 is 15.9 Å². The highest BCUT2D eigenvalue weighted by atomic mass is 79.9. The topological polar surface area (TPSA) is 67.8 Å². The molecule has 0 spiro atoms. The van der Waals surface area contributed by atoms with E-state index >= 15 is 0 Å². The minimum Gasteiger partial charge on any atom is -0.493 e. The number of carboxylic acids is 1. The normalized spacial score (nSPS) is 10.4. The maximum absolute atomic E-state index is 10.9. The summed E-state index contributed by atoms with van der Waals surface area (Å²) in [5.41, 5.74) is 4.39. The standard InChI is InChI=1S/C23H22BrNO4/c1-15-3-5-16(6-4-15)14-29-22-20(24)11-17(12-21(22)28-2)13-25-19-9-7-18(8-10-19)23(26)27/h3-12,25H,13-14H2,1-2H3,(H,26,27). The van der Waals surface area contributed by atoms with E-state index < -0.39 is 5.97 Å². The van der Waals surface area contributed by atoms with E-state index in [-0.39, 0.29) is 5.56 Å². The van der Waals surface area contributed by atoms with Gasteiger partial charge in [0.15, 0.2) is 11.5 Å². The van der Waals surface area contributed by atoms with E-state index in [1.807, 2.05) is 24.3 Å². The van der Waals surface area contributed by atoms with Gasteiger partial charge < -0.3 is 19.9 Å². The number of nitrogens with one attached hydrogen (secondary N) is 1. The molecular weight excluding hydrogens is 434 g/mol. The molecule has 0 saturated heterocycles. The molecule has 2 N–H and O–H groups in total. The molecule has 6 heteroatoms. The SMILES string of the molecule is COc1cc(CNc2ccc(C(=O)O)cc2)cc(Br)c1OCc1ccc(C)cc1. The van der Waals surface area contributed by atoms with Crippen LogP contribution in [-0.4, -0.2) is 18.2 Å². The fourth-order valence-corrected chi connectivity index (χ4v) is 3.39. The van der Waals surface area contributed by atoms with Crippen molar-refractivity contribution >= 4 is 27.6 Å². The number of rotatable bonds is 8. The summed E-state index contributed by atoms with van der Waals surface area (Å²) in [5.74, 6) is 0.360. The number of hydrogen-bond acceptors (Lipinski definition) is 4. The zero-order valence-corrected chi connectivity index (χ0v) is 17.8. The van der Waals surface area contributed by atoms with Crippen LogP contribution in [0.1, 0.15) is 27.0 Å². The lowest BCUT2D eigenvalue weighted by atomic mass is 10.1. The number of methoxy groups -OCH3 is 1. The molecule has 0 unspecified atom stereocenters. The van der Waals surface area contributed by atoms with Crippen molar-refractivity contribution in [3.63, 3.8) is 0 Å². The van der Waals surface area contributed by atoms with E-state index in [1.165, 1.54) is 5.56 Å². The lowest BCUT2D eigenvalue weighted by Crippen LogP contribution is -2.03. The maximum Gasteiger partial charge on any atom is 0.335 e. The highest BCUT2D eigenvalue weighted by Gasteiger charge is 2.12. The third-order valence-electron chi connectivity index (χ3n) is 4.42. The Bertz CT molecular complexity index is 985. The van der Waals surface area contributed by atoms with Crippen molar-refractivity contribution in [2.24, 2.45) is 0 Å². The number of carbonyl (C=O) groups is 1. The number of carboxylic acid groups (broad SMARTS) is 1. The zero-order chi connectivity index (χ0) is 20.8. The summed E-state index contributed by atoms with van der Waals surface area (Å²) >= 11 is 3.58. The molecule has 0 heterocycles. The van der Waals surface area contributed by atoms with Crippen LogP contribution in [0.4, 0.5) is 5.69 Å². The van der Waals surface area contributed by atoms with Gasteiger partial charge in [-0.1, -0.05) is 29.8 Å². The minimum absolute atomic E-state index is 0.259. The molecule has 3 aromatic rings. The molecule has 0 aromatic heterocycles. The highest BCUT2D eigenvalue weighted by Crippen LogP contribution is 2.37.